The van der Waals surface area contributed by atoms with Crippen LogP contribution in [0.25, 0.3) is 0 Å². The van der Waals surface area contributed by atoms with Gasteiger partial charge in [0.2, 0.25) is 11.8 Å². The van der Waals surface area contributed by atoms with E-state index in [4.69, 9.17) is 9.47 Å². The highest BCUT2D eigenvalue weighted by atomic mass is 16.5. The molecule has 2 amide bonds. The maximum atomic E-state index is 13.6. The van der Waals surface area contributed by atoms with Gasteiger partial charge in [0.25, 0.3) is 0 Å². The van der Waals surface area contributed by atoms with Gasteiger partial charge in [-0.1, -0.05) is 35.9 Å². The zero-order valence-electron chi connectivity index (χ0n) is 22.0. The molecule has 37 heavy (non-hydrogen) atoms. The Hall–Kier alpha value is -3.80. The number of hydrogen-bond donors (Lipinski definition) is 1. The normalized spacial score (nSPS) is 15.3. The first-order valence-electron chi connectivity index (χ1n) is 12.9. The molecular weight excluding hydrogens is 464 g/mol. The molecule has 2 aliphatic rings. The molecule has 5 rings (SSSR count). The van der Waals surface area contributed by atoms with Crippen LogP contribution in [0.2, 0.25) is 0 Å². The number of nitrogens with one attached hydrogen (secondary N) is 1. The summed E-state index contributed by atoms with van der Waals surface area (Å²) >= 11 is 0. The van der Waals surface area contributed by atoms with Crippen molar-refractivity contribution >= 4 is 23.2 Å². The summed E-state index contributed by atoms with van der Waals surface area (Å²) in [7, 11) is 0. The second-order valence-electron chi connectivity index (χ2n) is 10.7. The van der Waals surface area contributed by atoms with Gasteiger partial charge in [-0.3, -0.25) is 9.59 Å². The van der Waals surface area contributed by atoms with E-state index in [1.807, 2.05) is 35.2 Å². The SMILES string of the molecule is Cc1ccc(C)c(CN(C(=O)CCOc2cccc3c2OC(C)(C)C3)c2ccc3c(c2)CCC(=O)N3)c1. The van der Waals surface area contributed by atoms with E-state index >= 15 is 0 Å². The minimum Gasteiger partial charge on any atom is -0.489 e. The summed E-state index contributed by atoms with van der Waals surface area (Å²) in [6.07, 6.45) is 2.18. The number of amides is 2. The molecule has 2 aliphatic heterocycles. The zero-order valence-corrected chi connectivity index (χ0v) is 22.0. The maximum Gasteiger partial charge on any atom is 0.230 e. The quantitative estimate of drug-likeness (QED) is 0.440. The van der Waals surface area contributed by atoms with Crippen molar-refractivity contribution in [1.82, 2.24) is 0 Å². The Bertz CT molecular complexity index is 1360. The Balaban J connectivity index is 1.36. The molecule has 0 aromatic heterocycles. The fraction of sp³-hybridized carbons (Fsp3) is 0.355. The Morgan fingerprint density at radius 1 is 1.05 bits per heavy atom. The highest BCUT2D eigenvalue weighted by Crippen LogP contribution is 2.41. The first kappa shape index (κ1) is 24.9. The molecule has 6 heteroatoms. The Morgan fingerprint density at radius 3 is 2.73 bits per heavy atom. The van der Waals surface area contributed by atoms with Crippen LogP contribution in [0.4, 0.5) is 11.4 Å². The molecule has 0 saturated carbocycles. The van der Waals surface area contributed by atoms with Crippen LogP contribution >= 0.6 is 0 Å². The topological polar surface area (TPSA) is 67.9 Å². The summed E-state index contributed by atoms with van der Waals surface area (Å²) < 4.78 is 12.2. The van der Waals surface area contributed by atoms with E-state index in [9.17, 15) is 9.59 Å². The molecule has 0 spiro atoms. The zero-order chi connectivity index (χ0) is 26.2. The average Bonchev–Trinajstić information content (AvgIpc) is 3.19. The third kappa shape index (κ3) is 5.48. The molecule has 6 nitrogen and oxygen atoms in total. The summed E-state index contributed by atoms with van der Waals surface area (Å²) in [4.78, 5) is 27.3. The second kappa shape index (κ2) is 9.92. The average molecular weight is 499 g/mol. The van der Waals surface area contributed by atoms with Crippen LogP contribution < -0.4 is 19.7 Å². The Morgan fingerprint density at radius 2 is 1.89 bits per heavy atom. The van der Waals surface area contributed by atoms with Crippen molar-refractivity contribution in [2.75, 3.05) is 16.8 Å². The summed E-state index contributed by atoms with van der Waals surface area (Å²) in [5, 5.41) is 2.93. The minimum atomic E-state index is -0.258. The van der Waals surface area contributed by atoms with Gasteiger partial charge >= 0.3 is 0 Å². The van der Waals surface area contributed by atoms with E-state index in [1.165, 1.54) is 0 Å². The van der Waals surface area contributed by atoms with Crippen LogP contribution in [0.5, 0.6) is 11.5 Å². The summed E-state index contributed by atoms with van der Waals surface area (Å²) in [6.45, 7) is 8.98. The predicted molar refractivity (Wildman–Crippen MR) is 145 cm³/mol. The van der Waals surface area contributed by atoms with Gasteiger partial charge in [-0.2, -0.15) is 0 Å². The number of ether oxygens (including phenoxy) is 2. The second-order valence-corrected chi connectivity index (χ2v) is 10.7. The van der Waals surface area contributed by atoms with Crippen molar-refractivity contribution < 1.29 is 19.1 Å². The molecular formula is C31H34N2O4. The number of carbonyl (C=O) groups is 2. The number of benzene rings is 3. The first-order valence-corrected chi connectivity index (χ1v) is 12.9. The molecule has 3 aromatic carbocycles. The van der Waals surface area contributed by atoms with Gasteiger partial charge in [0.1, 0.15) is 5.60 Å². The molecule has 0 radical (unpaired) electrons. The third-order valence-corrected chi connectivity index (χ3v) is 7.06. The van der Waals surface area contributed by atoms with E-state index in [0.717, 1.165) is 51.4 Å². The van der Waals surface area contributed by atoms with Crippen LogP contribution in [0.1, 0.15) is 54.5 Å². The lowest BCUT2D eigenvalue weighted by Crippen LogP contribution is -2.32. The molecule has 192 valence electrons. The highest BCUT2D eigenvalue weighted by Gasteiger charge is 2.32. The lowest BCUT2D eigenvalue weighted by Gasteiger charge is -2.26. The lowest BCUT2D eigenvalue weighted by molar-refractivity contribution is -0.119. The van der Waals surface area contributed by atoms with E-state index < -0.39 is 0 Å². The largest absolute Gasteiger partial charge is 0.489 e. The molecule has 2 heterocycles. The number of carbonyl (C=O) groups excluding carboxylic acids is 2. The molecule has 0 saturated heterocycles. The van der Waals surface area contributed by atoms with Crippen LogP contribution in [-0.2, 0) is 29.0 Å². The van der Waals surface area contributed by atoms with Gasteiger partial charge in [-0.25, -0.2) is 0 Å². The molecule has 1 N–H and O–H groups in total. The van der Waals surface area contributed by atoms with Crippen molar-refractivity contribution in [3.05, 3.63) is 82.4 Å². The monoisotopic (exact) mass is 498 g/mol. The molecule has 0 fully saturated rings. The van der Waals surface area contributed by atoms with Crippen molar-refractivity contribution in [1.29, 1.82) is 0 Å². The fourth-order valence-electron chi connectivity index (χ4n) is 5.09. The van der Waals surface area contributed by atoms with Gasteiger partial charge in [-0.05, 0) is 75.1 Å². The van der Waals surface area contributed by atoms with Crippen molar-refractivity contribution in [3.63, 3.8) is 0 Å². The summed E-state index contributed by atoms with van der Waals surface area (Å²) in [5.74, 6) is 1.47. The van der Waals surface area contributed by atoms with Gasteiger partial charge < -0.3 is 19.7 Å². The predicted octanol–water partition coefficient (Wildman–Crippen LogP) is 5.90. The minimum absolute atomic E-state index is 0.0190. The fourth-order valence-corrected chi connectivity index (χ4v) is 5.09. The number of para-hydroxylation sites is 1. The van der Waals surface area contributed by atoms with Crippen molar-refractivity contribution in [2.24, 2.45) is 0 Å². The van der Waals surface area contributed by atoms with E-state index in [-0.39, 0.29) is 30.4 Å². The molecule has 3 aromatic rings. The van der Waals surface area contributed by atoms with Crippen molar-refractivity contribution in [2.45, 2.75) is 65.5 Å². The van der Waals surface area contributed by atoms with Crippen LogP contribution in [0.15, 0.2) is 54.6 Å². The Kier molecular flexibility index (Phi) is 6.67. The molecule has 0 bridgehead atoms. The summed E-state index contributed by atoms with van der Waals surface area (Å²) in [5.41, 5.74) is 6.98. The number of rotatable bonds is 7. The van der Waals surface area contributed by atoms with E-state index in [0.29, 0.717) is 25.1 Å². The number of aryl methyl sites for hydroxylation is 3. The standard InChI is InChI=1S/C31H34N2O4/c1-20-8-9-21(2)24(16-20)19-33(25-11-12-26-22(17-25)10-13-28(34)32-26)29(35)14-15-36-27-7-5-6-23-18-31(3,4)37-30(23)27/h5-9,11-12,16-17H,10,13-15,18-19H2,1-4H3,(H,32,34). The molecule has 0 atom stereocenters. The smallest absolute Gasteiger partial charge is 0.230 e. The highest BCUT2D eigenvalue weighted by molar-refractivity contribution is 5.96. The number of nitrogens with zero attached hydrogens (tertiary/aromatic N) is 1. The lowest BCUT2D eigenvalue weighted by atomic mass is 10.0. The van der Waals surface area contributed by atoms with Gasteiger partial charge in [0.15, 0.2) is 11.5 Å². The van der Waals surface area contributed by atoms with Crippen LogP contribution in [0, 0.1) is 13.8 Å². The van der Waals surface area contributed by atoms with Crippen LogP contribution in [0.3, 0.4) is 0 Å². The number of fused-ring (bicyclic) bond motifs is 2. The Labute approximate surface area is 218 Å². The summed E-state index contributed by atoms with van der Waals surface area (Å²) in [6, 6.07) is 18.1. The number of hydrogen-bond acceptors (Lipinski definition) is 4. The van der Waals surface area contributed by atoms with Gasteiger partial charge in [0.05, 0.1) is 19.6 Å². The van der Waals surface area contributed by atoms with Crippen molar-refractivity contribution in [3.8, 4) is 11.5 Å². The molecule has 0 unspecified atom stereocenters. The number of anilines is 2. The van der Waals surface area contributed by atoms with Crippen LogP contribution in [-0.4, -0.2) is 24.0 Å². The first-order chi connectivity index (χ1) is 17.7. The van der Waals surface area contributed by atoms with E-state index in [1.54, 1.807) is 0 Å². The molecule has 0 aliphatic carbocycles. The van der Waals surface area contributed by atoms with Gasteiger partial charge in [0, 0.05) is 29.8 Å². The maximum absolute atomic E-state index is 13.6. The van der Waals surface area contributed by atoms with Gasteiger partial charge in [-0.15, -0.1) is 0 Å². The van der Waals surface area contributed by atoms with E-state index in [2.05, 4.69) is 57.3 Å². The third-order valence-electron chi connectivity index (χ3n) is 7.06.